The Morgan fingerprint density at radius 3 is 2.06 bits per heavy atom. The molecule has 6 nitrogen and oxygen atoms in total. The molecule has 1 fully saturated rings. The molecule has 3 rings (SSSR count). The summed E-state index contributed by atoms with van der Waals surface area (Å²) < 4.78 is 11.5. The number of rotatable bonds is 15. The van der Waals surface area contributed by atoms with Gasteiger partial charge in [0.2, 0.25) is 0 Å². The molecule has 1 aliphatic heterocycles. The van der Waals surface area contributed by atoms with Crippen molar-refractivity contribution in [3.8, 4) is 11.5 Å². The van der Waals surface area contributed by atoms with E-state index in [0.717, 1.165) is 50.7 Å². The molecule has 0 spiro atoms. The van der Waals surface area contributed by atoms with Crippen molar-refractivity contribution in [1.82, 2.24) is 10.2 Å². The number of piperazine rings is 1. The van der Waals surface area contributed by atoms with E-state index in [-0.39, 0.29) is 31.4 Å². The second-order valence-corrected chi connectivity index (χ2v) is 9.43. The summed E-state index contributed by atoms with van der Waals surface area (Å²) in [4.78, 5) is 5.08. The Hall–Kier alpha value is -1.70. The van der Waals surface area contributed by atoms with E-state index < -0.39 is 6.10 Å². The van der Waals surface area contributed by atoms with Crippen molar-refractivity contribution in [3.63, 3.8) is 0 Å². The fourth-order valence-electron chi connectivity index (χ4n) is 4.10. The van der Waals surface area contributed by atoms with Crippen molar-refractivity contribution in [2.24, 2.45) is 0 Å². The monoisotopic (exact) mass is 541 g/mol. The zero-order valence-corrected chi connectivity index (χ0v) is 23.4. The topological polar surface area (TPSA) is 57.2 Å². The lowest BCUT2D eigenvalue weighted by molar-refractivity contribution is 0.104. The minimum absolute atomic E-state index is 0. The van der Waals surface area contributed by atoms with Crippen LogP contribution in [0.2, 0.25) is 0 Å². The zero-order chi connectivity index (χ0) is 24.0. The van der Waals surface area contributed by atoms with Crippen molar-refractivity contribution >= 4 is 30.5 Å². The van der Waals surface area contributed by atoms with Gasteiger partial charge in [-0.3, -0.25) is 4.90 Å². The molecule has 1 heterocycles. The molecule has 2 aromatic rings. The number of halogens is 2. The summed E-state index contributed by atoms with van der Waals surface area (Å²) >= 11 is 0. The molecule has 0 bridgehead atoms. The molecule has 0 aromatic heterocycles. The number of nitrogens with zero attached hydrogens (tertiary/aromatic N) is 2. The lowest BCUT2D eigenvalue weighted by atomic mass is 10.2. The number of aliphatic hydroxyl groups excluding tert-OH is 1. The van der Waals surface area contributed by atoms with Crippen molar-refractivity contribution in [2.75, 3.05) is 57.4 Å². The van der Waals surface area contributed by atoms with Crippen LogP contribution in [0.5, 0.6) is 11.5 Å². The molecule has 1 saturated heterocycles. The maximum atomic E-state index is 9.93. The summed E-state index contributed by atoms with van der Waals surface area (Å²) in [6, 6.07) is 18.8. The summed E-state index contributed by atoms with van der Waals surface area (Å²) in [6.07, 6.45) is 4.28. The molecule has 1 atom stereocenters. The van der Waals surface area contributed by atoms with Crippen LogP contribution in [0.15, 0.2) is 54.6 Å². The highest BCUT2D eigenvalue weighted by atomic mass is 35.5. The molecule has 1 unspecified atom stereocenters. The molecule has 2 N–H and O–H groups in total. The first-order chi connectivity index (χ1) is 16.6. The highest BCUT2D eigenvalue weighted by Gasteiger charge is 2.16. The molecule has 8 heteroatoms. The molecular weight excluding hydrogens is 497 g/mol. The van der Waals surface area contributed by atoms with E-state index in [2.05, 4.69) is 59.3 Å². The van der Waals surface area contributed by atoms with E-state index in [1.54, 1.807) is 0 Å². The van der Waals surface area contributed by atoms with Crippen LogP contribution in [0.4, 0.5) is 5.69 Å². The van der Waals surface area contributed by atoms with Crippen molar-refractivity contribution in [2.45, 2.75) is 51.7 Å². The van der Waals surface area contributed by atoms with Gasteiger partial charge < -0.3 is 24.8 Å². The summed E-state index contributed by atoms with van der Waals surface area (Å²) in [5, 5.41) is 13.1. The van der Waals surface area contributed by atoms with E-state index in [4.69, 9.17) is 9.47 Å². The van der Waals surface area contributed by atoms with Crippen LogP contribution >= 0.6 is 24.8 Å². The molecule has 36 heavy (non-hydrogen) atoms. The van der Waals surface area contributed by atoms with Crippen LogP contribution < -0.4 is 19.7 Å². The second-order valence-electron chi connectivity index (χ2n) is 9.43. The quantitative estimate of drug-likeness (QED) is 0.308. The Kier molecular flexibility index (Phi) is 16.6. The number of unbranched alkanes of at least 4 members (excludes halogenated alkanes) is 3. The number of benzene rings is 2. The zero-order valence-electron chi connectivity index (χ0n) is 21.8. The minimum atomic E-state index is -0.516. The van der Waals surface area contributed by atoms with E-state index in [1.165, 1.54) is 31.5 Å². The second kappa shape index (κ2) is 18.5. The SMILES string of the molecule is CC(C)NCC(O)COc1ccc(OCCCCCCN2CCN(c3ccccc3)CC2)cc1.Cl.Cl. The van der Waals surface area contributed by atoms with E-state index >= 15 is 0 Å². The number of hydrogen-bond donors (Lipinski definition) is 2. The third-order valence-electron chi connectivity index (χ3n) is 6.16. The van der Waals surface area contributed by atoms with Gasteiger partial charge in [0, 0.05) is 44.5 Å². The summed E-state index contributed by atoms with van der Waals surface area (Å²) in [6.45, 7) is 11.4. The first kappa shape index (κ1) is 32.3. The van der Waals surface area contributed by atoms with Crippen molar-refractivity contribution < 1.29 is 14.6 Å². The molecule has 0 radical (unpaired) electrons. The van der Waals surface area contributed by atoms with Crippen molar-refractivity contribution in [3.05, 3.63) is 54.6 Å². The van der Waals surface area contributed by atoms with Gasteiger partial charge in [0.15, 0.2) is 0 Å². The van der Waals surface area contributed by atoms with Crippen LogP contribution in [0, 0.1) is 0 Å². The van der Waals surface area contributed by atoms with Crippen molar-refractivity contribution in [1.29, 1.82) is 0 Å². The van der Waals surface area contributed by atoms with Gasteiger partial charge in [-0.25, -0.2) is 0 Å². The van der Waals surface area contributed by atoms with Gasteiger partial charge in [-0.15, -0.1) is 24.8 Å². The molecule has 2 aromatic carbocycles. The largest absolute Gasteiger partial charge is 0.494 e. The maximum absolute atomic E-state index is 9.93. The lowest BCUT2D eigenvalue weighted by Gasteiger charge is -2.36. The molecular formula is C28H45Cl2N3O3. The summed E-state index contributed by atoms with van der Waals surface area (Å²) in [5.41, 5.74) is 1.35. The molecule has 0 amide bonds. The number of nitrogens with one attached hydrogen (secondary N) is 1. The van der Waals surface area contributed by atoms with E-state index in [9.17, 15) is 5.11 Å². The normalized spacial score (nSPS) is 14.6. The van der Waals surface area contributed by atoms with Crippen LogP contribution in [-0.2, 0) is 0 Å². The summed E-state index contributed by atoms with van der Waals surface area (Å²) in [5.74, 6) is 1.62. The van der Waals surface area contributed by atoms with Gasteiger partial charge in [0.1, 0.15) is 24.2 Å². The van der Waals surface area contributed by atoms with Crippen LogP contribution in [0.1, 0.15) is 39.5 Å². The predicted octanol–water partition coefficient (Wildman–Crippen LogP) is 5.03. The third-order valence-corrected chi connectivity index (χ3v) is 6.16. The minimum Gasteiger partial charge on any atom is -0.494 e. The standard InChI is InChI=1S/C28H43N3O3.2ClH/c1-24(2)29-22-26(32)23-34-28-14-12-27(13-15-28)33-21-9-4-3-8-16-30-17-19-31(20-18-30)25-10-6-5-7-11-25;;/h5-7,10-15,24,26,29,32H,3-4,8-9,16-23H2,1-2H3;2*1H. The highest BCUT2D eigenvalue weighted by Crippen LogP contribution is 2.19. The van der Waals surface area contributed by atoms with Gasteiger partial charge in [0.25, 0.3) is 0 Å². The Morgan fingerprint density at radius 1 is 0.806 bits per heavy atom. The average molecular weight is 543 g/mol. The Balaban J connectivity index is 0.00000324. The number of ether oxygens (including phenoxy) is 2. The highest BCUT2D eigenvalue weighted by molar-refractivity contribution is 5.85. The first-order valence-corrected chi connectivity index (χ1v) is 12.9. The summed E-state index contributed by atoms with van der Waals surface area (Å²) in [7, 11) is 0. The Morgan fingerprint density at radius 2 is 1.42 bits per heavy atom. The Bertz CT molecular complexity index is 788. The van der Waals surface area contributed by atoms with Gasteiger partial charge in [-0.1, -0.05) is 44.9 Å². The average Bonchev–Trinajstić information content (AvgIpc) is 2.87. The number of para-hydroxylation sites is 1. The van der Waals surface area contributed by atoms with Gasteiger partial charge in [-0.2, -0.15) is 0 Å². The van der Waals surface area contributed by atoms with Gasteiger partial charge >= 0.3 is 0 Å². The van der Waals surface area contributed by atoms with Crippen LogP contribution in [0.25, 0.3) is 0 Å². The first-order valence-electron chi connectivity index (χ1n) is 12.9. The van der Waals surface area contributed by atoms with Gasteiger partial charge in [0.05, 0.1) is 6.61 Å². The predicted molar refractivity (Wildman–Crippen MR) is 155 cm³/mol. The fourth-order valence-corrected chi connectivity index (χ4v) is 4.10. The molecule has 0 aliphatic carbocycles. The lowest BCUT2D eigenvalue weighted by Crippen LogP contribution is -2.46. The molecule has 1 aliphatic rings. The van der Waals surface area contributed by atoms with Crippen LogP contribution in [-0.4, -0.2) is 74.6 Å². The maximum Gasteiger partial charge on any atom is 0.119 e. The number of aliphatic hydroxyl groups is 1. The van der Waals surface area contributed by atoms with E-state index in [1.807, 2.05) is 24.3 Å². The van der Waals surface area contributed by atoms with E-state index in [0.29, 0.717) is 12.6 Å². The Labute approximate surface area is 230 Å². The smallest absolute Gasteiger partial charge is 0.119 e. The van der Waals surface area contributed by atoms with Gasteiger partial charge in [-0.05, 0) is 55.8 Å². The van der Waals surface area contributed by atoms with Crippen LogP contribution in [0.3, 0.4) is 0 Å². The molecule has 204 valence electrons. The number of anilines is 1. The number of hydrogen-bond acceptors (Lipinski definition) is 6. The molecule has 0 saturated carbocycles. The third kappa shape index (κ3) is 12.5. The fraction of sp³-hybridized carbons (Fsp3) is 0.571.